The summed E-state index contributed by atoms with van der Waals surface area (Å²) in [6.07, 6.45) is 1.41. The molecule has 0 saturated heterocycles. The monoisotopic (exact) mass is 353 g/mol. The van der Waals surface area contributed by atoms with Crippen molar-refractivity contribution in [2.45, 2.75) is 46.0 Å². The Labute approximate surface area is 151 Å². The van der Waals surface area contributed by atoms with Crippen LogP contribution in [0.4, 0.5) is 0 Å². The number of amides is 1. The molecule has 2 heterocycles. The van der Waals surface area contributed by atoms with Crippen LogP contribution >= 0.6 is 0 Å². The van der Waals surface area contributed by atoms with Gasteiger partial charge in [0.2, 0.25) is 0 Å². The first-order valence-corrected chi connectivity index (χ1v) is 8.64. The lowest BCUT2D eigenvalue weighted by atomic mass is 9.87. The summed E-state index contributed by atoms with van der Waals surface area (Å²) in [6, 6.07) is 7.73. The maximum atomic E-state index is 12.6. The van der Waals surface area contributed by atoms with Gasteiger partial charge in [0.1, 0.15) is 11.3 Å². The van der Waals surface area contributed by atoms with Crippen LogP contribution in [0.2, 0.25) is 0 Å². The number of primary amides is 1. The molecule has 0 bridgehead atoms. The van der Waals surface area contributed by atoms with Crippen molar-refractivity contribution in [2.24, 2.45) is 5.73 Å². The molecule has 0 radical (unpaired) electrons. The van der Waals surface area contributed by atoms with E-state index in [0.29, 0.717) is 23.6 Å². The van der Waals surface area contributed by atoms with Gasteiger partial charge in [-0.3, -0.25) is 4.79 Å². The van der Waals surface area contributed by atoms with Gasteiger partial charge >= 0.3 is 5.69 Å². The van der Waals surface area contributed by atoms with Crippen LogP contribution in [0.1, 0.15) is 56.0 Å². The fraction of sp³-hybridized carbons (Fsp3) is 0.368. The zero-order valence-corrected chi connectivity index (χ0v) is 15.5. The summed E-state index contributed by atoms with van der Waals surface area (Å²) in [5.74, 6) is -0.195. The average Bonchev–Trinajstić information content (AvgIpc) is 2.89. The first-order valence-electron chi connectivity index (χ1n) is 8.64. The number of nitrogens with zero attached hydrogens (tertiary/aromatic N) is 3. The lowest BCUT2D eigenvalue weighted by Crippen LogP contribution is -2.16. The largest absolute Gasteiger partial charge is 0.364 e. The maximum absolute atomic E-state index is 12.6. The van der Waals surface area contributed by atoms with Crippen LogP contribution in [0.25, 0.3) is 16.9 Å². The van der Waals surface area contributed by atoms with E-state index in [9.17, 15) is 9.59 Å². The van der Waals surface area contributed by atoms with E-state index in [1.165, 1.54) is 4.57 Å². The molecule has 7 heteroatoms. The maximum Gasteiger partial charge on any atom is 0.332 e. The molecule has 0 atom stereocenters. The Morgan fingerprint density at radius 2 is 1.85 bits per heavy atom. The first kappa shape index (κ1) is 17.8. The highest BCUT2D eigenvalue weighted by molar-refractivity contribution is 6.01. The number of carbonyl (C=O) groups excluding carboxylic acids is 1. The van der Waals surface area contributed by atoms with Gasteiger partial charge in [-0.25, -0.2) is 19.3 Å². The van der Waals surface area contributed by atoms with Gasteiger partial charge in [-0.2, -0.15) is 0 Å². The molecule has 0 aliphatic heterocycles. The minimum absolute atomic E-state index is 0.0132. The number of nitrogens with two attached hydrogens (primary N) is 1. The second kappa shape index (κ2) is 6.40. The van der Waals surface area contributed by atoms with Crippen LogP contribution in [-0.4, -0.2) is 25.4 Å². The number of nitrogens with one attached hydrogen (secondary N) is 1. The van der Waals surface area contributed by atoms with Gasteiger partial charge in [0, 0.05) is 6.42 Å². The van der Waals surface area contributed by atoms with Gasteiger partial charge < -0.3 is 10.7 Å². The number of fused-ring (bicyclic) bond motifs is 1. The lowest BCUT2D eigenvalue weighted by molar-refractivity contribution is 0.0996. The number of benzene rings is 1. The summed E-state index contributed by atoms with van der Waals surface area (Å²) in [4.78, 5) is 35.7. The number of imidazole rings is 1. The molecule has 136 valence electrons. The smallest absolute Gasteiger partial charge is 0.332 e. The SMILES string of the molecule is CCCc1nc(C(N)=O)c2[nH]c(=O)n(-c3ccc(C(C)(C)C)cc3)c2n1. The zero-order chi connectivity index (χ0) is 19.1. The van der Waals surface area contributed by atoms with Gasteiger partial charge in [-0.1, -0.05) is 39.8 Å². The third-order valence-corrected chi connectivity index (χ3v) is 4.28. The molecular weight excluding hydrogens is 330 g/mol. The van der Waals surface area contributed by atoms with Crippen molar-refractivity contribution in [1.82, 2.24) is 19.5 Å². The molecular formula is C19H23N5O2. The normalized spacial score (nSPS) is 11.8. The molecule has 3 N–H and O–H groups in total. The summed E-state index contributed by atoms with van der Waals surface area (Å²) < 4.78 is 1.45. The predicted molar refractivity (Wildman–Crippen MR) is 101 cm³/mol. The number of hydrogen-bond donors (Lipinski definition) is 2. The van der Waals surface area contributed by atoms with Crippen molar-refractivity contribution in [1.29, 1.82) is 0 Å². The topological polar surface area (TPSA) is 107 Å². The summed E-state index contributed by atoms with van der Waals surface area (Å²) in [5, 5.41) is 0. The van der Waals surface area contributed by atoms with Crippen LogP contribution in [0.15, 0.2) is 29.1 Å². The number of aryl methyl sites for hydroxylation is 1. The highest BCUT2D eigenvalue weighted by atomic mass is 16.2. The quantitative estimate of drug-likeness (QED) is 0.751. The van der Waals surface area contributed by atoms with E-state index in [1.54, 1.807) is 0 Å². The Morgan fingerprint density at radius 3 is 2.38 bits per heavy atom. The van der Waals surface area contributed by atoms with Crippen molar-refractivity contribution in [3.8, 4) is 5.69 Å². The van der Waals surface area contributed by atoms with Crippen LogP contribution in [0, 0.1) is 0 Å². The standard InChI is InChI=1S/C19H23N5O2/c1-5-6-13-21-14(16(20)25)15-17(22-13)24(18(26)23-15)12-9-7-11(8-10-12)19(2,3)4/h7-10H,5-6H2,1-4H3,(H2,20,25)(H,23,26). The van der Waals surface area contributed by atoms with Gasteiger partial charge in [-0.05, 0) is 29.5 Å². The summed E-state index contributed by atoms with van der Waals surface area (Å²) in [6.45, 7) is 8.38. The first-order chi connectivity index (χ1) is 12.2. The second-order valence-electron chi connectivity index (χ2n) is 7.36. The molecule has 0 saturated carbocycles. The molecule has 26 heavy (non-hydrogen) atoms. The number of aromatic amines is 1. The van der Waals surface area contributed by atoms with E-state index in [4.69, 9.17) is 5.73 Å². The fourth-order valence-electron chi connectivity index (χ4n) is 2.89. The van der Waals surface area contributed by atoms with Crippen molar-refractivity contribution in [2.75, 3.05) is 0 Å². The molecule has 3 rings (SSSR count). The van der Waals surface area contributed by atoms with Crippen molar-refractivity contribution >= 4 is 17.1 Å². The minimum atomic E-state index is -0.689. The van der Waals surface area contributed by atoms with Crippen LogP contribution in [-0.2, 0) is 11.8 Å². The second-order valence-corrected chi connectivity index (χ2v) is 7.36. The zero-order valence-electron chi connectivity index (χ0n) is 15.5. The van der Waals surface area contributed by atoms with Crippen molar-refractivity contribution < 1.29 is 4.79 Å². The molecule has 7 nitrogen and oxygen atoms in total. The molecule has 3 aromatic rings. The molecule has 0 aliphatic rings. The Kier molecular flexibility index (Phi) is 4.39. The number of rotatable bonds is 4. The molecule has 1 aromatic carbocycles. The number of carbonyl (C=O) groups is 1. The van der Waals surface area contributed by atoms with Crippen LogP contribution in [0.3, 0.4) is 0 Å². The van der Waals surface area contributed by atoms with Gasteiger partial charge in [0.05, 0.1) is 5.69 Å². The molecule has 0 unspecified atom stereocenters. The van der Waals surface area contributed by atoms with E-state index in [0.717, 1.165) is 12.0 Å². The predicted octanol–water partition coefficient (Wildman–Crippen LogP) is 2.46. The van der Waals surface area contributed by atoms with E-state index >= 15 is 0 Å². The number of hydrogen-bond acceptors (Lipinski definition) is 4. The van der Waals surface area contributed by atoms with Crippen LogP contribution in [0.5, 0.6) is 0 Å². The van der Waals surface area contributed by atoms with Crippen molar-refractivity contribution in [3.63, 3.8) is 0 Å². The van der Waals surface area contributed by atoms with E-state index in [1.807, 2.05) is 31.2 Å². The van der Waals surface area contributed by atoms with E-state index in [2.05, 4.69) is 35.7 Å². The molecule has 0 aliphatic carbocycles. The average molecular weight is 353 g/mol. The molecule has 2 aromatic heterocycles. The minimum Gasteiger partial charge on any atom is -0.364 e. The Morgan fingerprint density at radius 1 is 1.19 bits per heavy atom. The summed E-state index contributed by atoms with van der Waals surface area (Å²) in [7, 11) is 0. The van der Waals surface area contributed by atoms with Crippen molar-refractivity contribution in [3.05, 3.63) is 51.8 Å². The third-order valence-electron chi connectivity index (χ3n) is 4.28. The third kappa shape index (κ3) is 3.12. The van der Waals surface area contributed by atoms with Crippen LogP contribution < -0.4 is 11.4 Å². The van der Waals surface area contributed by atoms with E-state index in [-0.39, 0.29) is 22.3 Å². The van der Waals surface area contributed by atoms with Gasteiger partial charge in [-0.15, -0.1) is 0 Å². The van der Waals surface area contributed by atoms with Gasteiger partial charge in [0.15, 0.2) is 11.3 Å². The Balaban J connectivity index is 2.24. The van der Waals surface area contributed by atoms with Gasteiger partial charge in [0.25, 0.3) is 5.91 Å². The lowest BCUT2D eigenvalue weighted by Gasteiger charge is -2.19. The Hall–Kier alpha value is -2.96. The Bertz CT molecular complexity index is 1020. The van der Waals surface area contributed by atoms with E-state index < -0.39 is 5.91 Å². The number of aromatic nitrogens is 4. The summed E-state index contributed by atoms with van der Waals surface area (Å²) >= 11 is 0. The molecule has 0 fully saturated rings. The summed E-state index contributed by atoms with van der Waals surface area (Å²) in [5.41, 5.74) is 7.59. The molecule has 1 amide bonds. The highest BCUT2D eigenvalue weighted by Gasteiger charge is 2.20. The fourth-order valence-corrected chi connectivity index (χ4v) is 2.89. The number of H-pyrrole nitrogens is 1. The molecule has 0 spiro atoms. The highest BCUT2D eigenvalue weighted by Crippen LogP contribution is 2.24.